The van der Waals surface area contributed by atoms with Gasteiger partial charge in [0, 0.05) is 19.5 Å². The van der Waals surface area contributed by atoms with Gasteiger partial charge in [-0.25, -0.2) is 4.79 Å². The number of nitrogens with zero attached hydrogens (tertiary/aromatic N) is 1. The largest absolute Gasteiger partial charge is 0.480 e. The van der Waals surface area contributed by atoms with Gasteiger partial charge in [-0.05, 0) is 36.8 Å². The van der Waals surface area contributed by atoms with Gasteiger partial charge in [-0.15, -0.1) is 0 Å². The number of carbonyl (C=O) groups is 3. The first-order chi connectivity index (χ1) is 13.9. The van der Waals surface area contributed by atoms with Crippen molar-refractivity contribution in [2.24, 2.45) is 0 Å². The van der Waals surface area contributed by atoms with Crippen LogP contribution < -0.4 is 10.6 Å². The van der Waals surface area contributed by atoms with Gasteiger partial charge >= 0.3 is 5.97 Å². The molecule has 8 nitrogen and oxygen atoms in total. The Bertz CT molecular complexity index is 726. The highest BCUT2D eigenvalue weighted by molar-refractivity contribution is 5.90. The zero-order chi connectivity index (χ0) is 20.8. The number of rotatable bonds is 9. The summed E-state index contributed by atoms with van der Waals surface area (Å²) in [7, 11) is 0. The van der Waals surface area contributed by atoms with Gasteiger partial charge in [0.25, 0.3) is 0 Å². The zero-order valence-electron chi connectivity index (χ0n) is 16.7. The Morgan fingerprint density at radius 1 is 1.14 bits per heavy atom. The van der Waals surface area contributed by atoms with E-state index in [1.807, 2.05) is 29.2 Å². The molecule has 1 aliphatic heterocycles. The summed E-state index contributed by atoms with van der Waals surface area (Å²) in [6.45, 7) is 4.27. The lowest BCUT2D eigenvalue weighted by Gasteiger charge is -2.26. The molecule has 3 rings (SSSR count). The Morgan fingerprint density at radius 2 is 1.79 bits per heavy atom. The van der Waals surface area contributed by atoms with Crippen molar-refractivity contribution >= 4 is 17.8 Å². The van der Waals surface area contributed by atoms with Gasteiger partial charge in [0.15, 0.2) is 0 Å². The van der Waals surface area contributed by atoms with Crippen molar-refractivity contribution in [3.63, 3.8) is 0 Å². The number of morpholine rings is 1. The number of amides is 2. The predicted octanol–water partition coefficient (Wildman–Crippen LogP) is 0.513. The van der Waals surface area contributed by atoms with Crippen molar-refractivity contribution in [3.8, 4) is 0 Å². The average molecular weight is 403 g/mol. The third-order valence-corrected chi connectivity index (χ3v) is 5.32. The number of benzene rings is 1. The second-order valence-corrected chi connectivity index (χ2v) is 7.80. The Balaban J connectivity index is 1.48. The van der Waals surface area contributed by atoms with Crippen LogP contribution in [0.1, 0.15) is 36.8 Å². The summed E-state index contributed by atoms with van der Waals surface area (Å²) in [5.41, 5.74) is 2.13. The quantitative estimate of drug-likeness (QED) is 0.555. The number of ether oxygens (including phenoxy) is 1. The molecule has 8 heteroatoms. The van der Waals surface area contributed by atoms with E-state index in [-0.39, 0.29) is 18.9 Å². The van der Waals surface area contributed by atoms with E-state index in [1.54, 1.807) is 6.92 Å². The van der Waals surface area contributed by atoms with E-state index >= 15 is 0 Å². The fourth-order valence-corrected chi connectivity index (χ4v) is 3.39. The lowest BCUT2D eigenvalue weighted by molar-refractivity contribution is -0.142. The lowest BCUT2D eigenvalue weighted by atomic mass is 10.0. The van der Waals surface area contributed by atoms with Gasteiger partial charge in [0.1, 0.15) is 12.1 Å². The summed E-state index contributed by atoms with van der Waals surface area (Å²) in [6.07, 6.45) is 2.62. The standard InChI is InChI=1S/C21H29N3O5/c1-14(22-19(25)13-24-8-10-29-11-9-24)20(26)23-18(21(27)28)12-15-2-4-16(5-3-15)17-6-7-17/h2-5,14,17-18H,6-13H2,1H3,(H,22,25)(H,23,26)(H,27,28)/t14-,18?/m0/s1. The second-order valence-electron chi connectivity index (χ2n) is 7.80. The van der Waals surface area contributed by atoms with E-state index in [0.29, 0.717) is 32.2 Å². The van der Waals surface area contributed by atoms with E-state index in [9.17, 15) is 19.5 Å². The second kappa shape index (κ2) is 9.84. The van der Waals surface area contributed by atoms with E-state index < -0.39 is 24.0 Å². The van der Waals surface area contributed by atoms with Gasteiger partial charge in [-0.1, -0.05) is 24.3 Å². The smallest absolute Gasteiger partial charge is 0.326 e. The van der Waals surface area contributed by atoms with Crippen LogP contribution in [0, 0.1) is 0 Å². The van der Waals surface area contributed by atoms with Crippen molar-refractivity contribution in [2.45, 2.75) is 44.2 Å². The molecule has 0 spiro atoms. The monoisotopic (exact) mass is 403 g/mol. The highest BCUT2D eigenvalue weighted by atomic mass is 16.5. The molecule has 0 bridgehead atoms. The minimum Gasteiger partial charge on any atom is -0.480 e. The summed E-state index contributed by atoms with van der Waals surface area (Å²) in [4.78, 5) is 38.1. The van der Waals surface area contributed by atoms with E-state index in [2.05, 4.69) is 10.6 Å². The number of aliphatic carboxylic acids is 1. The summed E-state index contributed by atoms with van der Waals surface area (Å²) in [5, 5.41) is 14.7. The molecule has 3 N–H and O–H groups in total. The van der Waals surface area contributed by atoms with E-state index in [4.69, 9.17) is 4.74 Å². The molecule has 0 radical (unpaired) electrons. The third kappa shape index (κ3) is 6.54. The summed E-state index contributed by atoms with van der Waals surface area (Å²) < 4.78 is 5.24. The van der Waals surface area contributed by atoms with Crippen LogP contribution in [0.2, 0.25) is 0 Å². The number of nitrogens with one attached hydrogen (secondary N) is 2. The van der Waals surface area contributed by atoms with Crippen LogP contribution in [0.25, 0.3) is 0 Å². The fraction of sp³-hybridized carbons (Fsp3) is 0.571. The number of hydrogen-bond acceptors (Lipinski definition) is 5. The molecule has 1 saturated heterocycles. The van der Waals surface area contributed by atoms with Crippen LogP contribution in [0.4, 0.5) is 0 Å². The van der Waals surface area contributed by atoms with Crippen molar-refractivity contribution in [3.05, 3.63) is 35.4 Å². The van der Waals surface area contributed by atoms with Gasteiger partial charge in [-0.3, -0.25) is 14.5 Å². The third-order valence-electron chi connectivity index (χ3n) is 5.32. The normalized spacial score (nSPS) is 19.2. The molecule has 2 amide bonds. The molecule has 1 aromatic carbocycles. The molecule has 2 aliphatic rings. The van der Waals surface area contributed by atoms with Crippen molar-refractivity contribution in [2.75, 3.05) is 32.8 Å². The van der Waals surface area contributed by atoms with Gasteiger partial charge in [0.05, 0.1) is 19.8 Å². The average Bonchev–Trinajstić information content (AvgIpc) is 3.53. The topological polar surface area (TPSA) is 108 Å². The predicted molar refractivity (Wildman–Crippen MR) is 107 cm³/mol. The van der Waals surface area contributed by atoms with Crippen molar-refractivity contribution < 1.29 is 24.2 Å². The van der Waals surface area contributed by atoms with Crippen LogP contribution in [0.5, 0.6) is 0 Å². The fourth-order valence-electron chi connectivity index (χ4n) is 3.39. The highest BCUT2D eigenvalue weighted by Crippen LogP contribution is 2.39. The first-order valence-electron chi connectivity index (χ1n) is 10.1. The van der Waals surface area contributed by atoms with Gasteiger partial charge in [0.2, 0.25) is 11.8 Å². The molecule has 158 valence electrons. The number of carboxylic acid groups (broad SMARTS) is 1. The SMILES string of the molecule is C[C@H](NC(=O)CN1CCOCC1)C(=O)NC(Cc1ccc(C2CC2)cc1)C(=O)O. The molecule has 2 atom stereocenters. The molecule has 1 heterocycles. The number of carbonyl (C=O) groups excluding carboxylic acids is 2. The minimum atomic E-state index is -1.10. The zero-order valence-corrected chi connectivity index (χ0v) is 16.7. The van der Waals surface area contributed by atoms with Crippen LogP contribution in [0.3, 0.4) is 0 Å². The Kier molecular flexibility index (Phi) is 7.22. The molecule has 29 heavy (non-hydrogen) atoms. The molecule has 1 aliphatic carbocycles. The Morgan fingerprint density at radius 3 is 2.38 bits per heavy atom. The molecule has 1 aromatic rings. The maximum atomic E-state index is 12.4. The highest BCUT2D eigenvalue weighted by Gasteiger charge is 2.26. The lowest BCUT2D eigenvalue weighted by Crippen LogP contribution is -2.53. The summed E-state index contributed by atoms with van der Waals surface area (Å²) >= 11 is 0. The van der Waals surface area contributed by atoms with Crippen molar-refractivity contribution in [1.82, 2.24) is 15.5 Å². The molecular weight excluding hydrogens is 374 g/mol. The van der Waals surface area contributed by atoms with Crippen LogP contribution in [0.15, 0.2) is 24.3 Å². The summed E-state index contributed by atoms with van der Waals surface area (Å²) in [5.74, 6) is -1.24. The van der Waals surface area contributed by atoms with Crippen LogP contribution >= 0.6 is 0 Å². The van der Waals surface area contributed by atoms with Gasteiger partial charge in [-0.2, -0.15) is 0 Å². The Labute approximate surface area is 170 Å². The number of hydrogen-bond donors (Lipinski definition) is 3. The molecule has 0 aromatic heterocycles. The van der Waals surface area contributed by atoms with E-state index in [0.717, 1.165) is 5.56 Å². The first-order valence-corrected chi connectivity index (χ1v) is 10.1. The van der Waals surface area contributed by atoms with Crippen LogP contribution in [-0.2, 0) is 25.5 Å². The summed E-state index contributed by atoms with van der Waals surface area (Å²) in [6, 6.07) is 6.03. The van der Waals surface area contributed by atoms with Crippen LogP contribution in [-0.4, -0.2) is 72.7 Å². The van der Waals surface area contributed by atoms with Crippen molar-refractivity contribution in [1.29, 1.82) is 0 Å². The minimum absolute atomic E-state index is 0.191. The van der Waals surface area contributed by atoms with Gasteiger partial charge < -0.3 is 20.5 Å². The Hall–Kier alpha value is -2.45. The molecule has 1 unspecified atom stereocenters. The molecular formula is C21H29N3O5. The maximum absolute atomic E-state index is 12.4. The number of carboxylic acids is 1. The molecule has 2 fully saturated rings. The maximum Gasteiger partial charge on any atom is 0.326 e. The molecule has 1 saturated carbocycles. The van der Waals surface area contributed by atoms with E-state index in [1.165, 1.54) is 18.4 Å². The first kappa shape index (κ1) is 21.3.